The number of nitrogens with zero attached hydrogens (tertiary/aromatic N) is 2. The molecule has 26 heavy (non-hydrogen) atoms. The fourth-order valence-corrected chi connectivity index (χ4v) is 2.28. The van der Waals surface area contributed by atoms with Crippen molar-refractivity contribution in [1.29, 1.82) is 0 Å². The van der Waals surface area contributed by atoms with Gasteiger partial charge in [-0.2, -0.15) is 0 Å². The molecule has 0 radical (unpaired) electrons. The second kappa shape index (κ2) is 7.26. The summed E-state index contributed by atoms with van der Waals surface area (Å²) < 4.78 is 26.3. The molecule has 132 valence electrons. The van der Waals surface area contributed by atoms with Gasteiger partial charge < -0.3 is 10.6 Å². The van der Waals surface area contributed by atoms with Crippen LogP contribution in [0.3, 0.4) is 0 Å². The Kier molecular flexibility index (Phi) is 4.88. The third-order valence-corrected chi connectivity index (χ3v) is 3.57. The van der Waals surface area contributed by atoms with Crippen LogP contribution in [0.5, 0.6) is 0 Å². The molecule has 0 fully saturated rings. The molecule has 0 aliphatic carbocycles. The van der Waals surface area contributed by atoms with Crippen molar-refractivity contribution in [3.05, 3.63) is 77.1 Å². The Morgan fingerprint density at radius 2 is 1.58 bits per heavy atom. The molecule has 5 nitrogen and oxygen atoms in total. The highest BCUT2D eigenvalue weighted by atomic mass is 19.2. The first-order valence-electron chi connectivity index (χ1n) is 7.86. The summed E-state index contributed by atoms with van der Waals surface area (Å²) in [4.78, 5) is 20.7. The second-order valence-electron chi connectivity index (χ2n) is 5.79. The Labute approximate surface area is 149 Å². The van der Waals surface area contributed by atoms with Gasteiger partial charge in [0.15, 0.2) is 11.6 Å². The Balaban J connectivity index is 1.81. The average Bonchev–Trinajstić information content (AvgIpc) is 2.59. The summed E-state index contributed by atoms with van der Waals surface area (Å²) in [5.41, 5.74) is 2.72. The second-order valence-corrected chi connectivity index (χ2v) is 5.79. The Hall–Kier alpha value is -3.35. The van der Waals surface area contributed by atoms with Crippen LogP contribution in [-0.4, -0.2) is 15.9 Å². The first-order chi connectivity index (χ1) is 12.4. The Morgan fingerprint density at radius 1 is 0.885 bits per heavy atom. The van der Waals surface area contributed by atoms with E-state index in [1.54, 1.807) is 25.1 Å². The zero-order valence-electron chi connectivity index (χ0n) is 14.2. The zero-order chi connectivity index (χ0) is 18.7. The number of carbonyl (C=O) groups excluding carboxylic acids is 1. The minimum atomic E-state index is -0.986. The third kappa shape index (κ3) is 4.18. The van der Waals surface area contributed by atoms with Crippen LogP contribution in [0.4, 0.5) is 26.1 Å². The largest absolute Gasteiger partial charge is 0.324 e. The van der Waals surface area contributed by atoms with Crippen LogP contribution in [0.2, 0.25) is 0 Å². The van der Waals surface area contributed by atoms with Crippen molar-refractivity contribution in [2.45, 2.75) is 13.8 Å². The summed E-state index contributed by atoms with van der Waals surface area (Å²) >= 11 is 0. The molecule has 3 aromatic rings. The fourth-order valence-electron chi connectivity index (χ4n) is 2.28. The minimum Gasteiger partial charge on any atom is -0.324 e. The first-order valence-corrected chi connectivity index (χ1v) is 7.86. The van der Waals surface area contributed by atoms with Crippen LogP contribution in [0, 0.1) is 25.5 Å². The van der Waals surface area contributed by atoms with E-state index in [0.29, 0.717) is 11.4 Å². The first kappa shape index (κ1) is 17.5. The van der Waals surface area contributed by atoms with Gasteiger partial charge in [-0.25, -0.2) is 18.7 Å². The lowest BCUT2D eigenvalue weighted by Gasteiger charge is -2.09. The Morgan fingerprint density at radius 3 is 2.27 bits per heavy atom. The highest BCUT2D eigenvalue weighted by molar-refractivity contribution is 6.03. The average molecular weight is 354 g/mol. The van der Waals surface area contributed by atoms with Crippen LogP contribution in [0.15, 0.2) is 48.5 Å². The molecule has 0 aliphatic rings. The summed E-state index contributed by atoms with van der Waals surface area (Å²) in [6.07, 6.45) is 0. The molecule has 1 heterocycles. The van der Waals surface area contributed by atoms with E-state index in [4.69, 9.17) is 0 Å². The van der Waals surface area contributed by atoms with E-state index in [1.165, 1.54) is 6.07 Å². The number of rotatable bonds is 4. The number of halogens is 2. The van der Waals surface area contributed by atoms with Crippen molar-refractivity contribution < 1.29 is 13.6 Å². The summed E-state index contributed by atoms with van der Waals surface area (Å²) in [5, 5.41) is 5.52. The SMILES string of the molecule is Cc1ccc(NC(=O)c2cc(C)nc(Nc3ccc(F)c(F)c3)n2)cc1. The number of amides is 1. The molecule has 2 N–H and O–H groups in total. The van der Waals surface area contributed by atoms with E-state index in [1.807, 2.05) is 19.1 Å². The standard InChI is InChI=1S/C19H16F2N4O/c1-11-3-5-13(6-4-11)23-18(26)17-9-12(2)22-19(25-17)24-14-7-8-15(20)16(21)10-14/h3-10H,1-2H3,(H,23,26)(H,22,24,25). The van der Waals surface area contributed by atoms with Crippen molar-refractivity contribution in [3.8, 4) is 0 Å². The molecule has 7 heteroatoms. The molecule has 0 saturated carbocycles. The molecular weight excluding hydrogens is 338 g/mol. The predicted molar refractivity (Wildman–Crippen MR) is 95.5 cm³/mol. The lowest BCUT2D eigenvalue weighted by molar-refractivity contribution is 0.102. The quantitative estimate of drug-likeness (QED) is 0.730. The van der Waals surface area contributed by atoms with Crippen LogP contribution >= 0.6 is 0 Å². The van der Waals surface area contributed by atoms with Crippen molar-refractivity contribution in [2.75, 3.05) is 10.6 Å². The minimum absolute atomic E-state index is 0.116. The molecule has 1 aromatic heterocycles. The van der Waals surface area contributed by atoms with Gasteiger partial charge >= 0.3 is 0 Å². The van der Waals surface area contributed by atoms with Crippen LogP contribution < -0.4 is 10.6 Å². The number of carbonyl (C=O) groups is 1. The number of hydrogen-bond acceptors (Lipinski definition) is 4. The lowest BCUT2D eigenvalue weighted by Crippen LogP contribution is -2.15. The number of aromatic nitrogens is 2. The van der Waals surface area contributed by atoms with Gasteiger partial charge in [0.1, 0.15) is 5.69 Å². The Bertz CT molecular complexity index is 958. The van der Waals surface area contributed by atoms with Gasteiger partial charge in [-0.05, 0) is 44.2 Å². The van der Waals surface area contributed by atoms with E-state index < -0.39 is 17.5 Å². The monoisotopic (exact) mass is 354 g/mol. The zero-order valence-corrected chi connectivity index (χ0v) is 14.2. The number of benzene rings is 2. The molecule has 1 amide bonds. The topological polar surface area (TPSA) is 66.9 Å². The van der Waals surface area contributed by atoms with Gasteiger partial charge in [-0.3, -0.25) is 4.79 Å². The van der Waals surface area contributed by atoms with Gasteiger partial charge in [-0.15, -0.1) is 0 Å². The highest BCUT2D eigenvalue weighted by Gasteiger charge is 2.12. The summed E-state index contributed by atoms with van der Waals surface area (Å²) in [5.74, 6) is -2.21. The van der Waals surface area contributed by atoms with Crippen molar-refractivity contribution in [3.63, 3.8) is 0 Å². The molecule has 2 aromatic carbocycles. The fraction of sp³-hybridized carbons (Fsp3) is 0.105. The maximum atomic E-state index is 13.3. The highest BCUT2D eigenvalue weighted by Crippen LogP contribution is 2.18. The maximum absolute atomic E-state index is 13.3. The lowest BCUT2D eigenvalue weighted by atomic mass is 10.2. The molecule has 0 spiro atoms. The molecule has 0 aliphatic heterocycles. The molecular formula is C19H16F2N4O. The van der Waals surface area contributed by atoms with E-state index in [-0.39, 0.29) is 17.3 Å². The van der Waals surface area contributed by atoms with Crippen molar-refractivity contribution in [1.82, 2.24) is 9.97 Å². The van der Waals surface area contributed by atoms with E-state index in [0.717, 1.165) is 17.7 Å². The van der Waals surface area contributed by atoms with Crippen molar-refractivity contribution >= 4 is 23.2 Å². The van der Waals surface area contributed by atoms with Gasteiger partial charge in [0, 0.05) is 23.1 Å². The van der Waals surface area contributed by atoms with Gasteiger partial charge in [0.25, 0.3) is 5.91 Å². The van der Waals surface area contributed by atoms with Crippen molar-refractivity contribution in [2.24, 2.45) is 0 Å². The summed E-state index contributed by atoms with van der Waals surface area (Å²) in [6.45, 7) is 3.66. The number of anilines is 3. The number of hydrogen-bond donors (Lipinski definition) is 2. The normalized spacial score (nSPS) is 10.5. The summed E-state index contributed by atoms with van der Waals surface area (Å²) in [6, 6.07) is 12.2. The molecule has 0 bridgehead atoms. The molecule has 0 saturated heterocycles. The number of aryl methyl sites for hydroxylation is 2. The van der Waals surface area contributed by atoms with E-state index in [2.05, 4.69) is 20.6 Å². The summed E-state index contributed by atoms with van der Waals surface area (Å²) in [7, 11) is 0. The van der Waals surface area contributed by atoms with Crippen LogP contribution in [0.25, 0.3) is 0 Å². The molecule has 0 unspecified atom stereocenters. The van der Waals surface area contributed by atoms with Crippen LogP contribution in [0.1, 0.15) is 21.7 Å². The number of nitrogens with one attached hydrogen (secondary N) is 2. The van der Waals surface area contributed by atoms with Gasteiger partial charge in [0.2, 0.25) is 5.95 Å². The van der Waals surface area contributed by atoms with E-state index in [9.17, 15) is 13.6 Å². The van der Waals surface area contributed by atoms with Crippen LogP contribution in [-0.2, 0) is 0 Å². The van der Waals surface area contributed by atoms with E-state index >= 15 is 0 Å². The predicted octanol–water partition coefficient (Wildman–Crippen LogP) is 4.37. The van der Waals surface area contributed by atoms with Gasteiger partial charge in [-0.1, -0.05) is 17.7 Å². The third-order valence-electron chi connectivity index (χ3n) is 3.57. The molecule has 3 rings (SSSR count). The van der Waals surface area contributed by atoms with Gasteiger partial charge in [0.05, 0.1) is 0 Å². The smallest absolute Gasteiger partial charge is 0.274 e. The molecule has 0 atom stereocenters. The maximum Gasteiger partial charge on any atom is 0.274 e.